The van der Waals surface area contributed by atoms with Crippen molar-refractivity contribution in [2.75, 3.05) is 59.0 Å². The zero-order valence-electron chi connectivity index (χ0n) is 33.1. The van der Waals surface area contributed by atoms with E-state index in [9.17, 15) is 41.1 Å². The van der Waals surface area contributed by atoms with E-state index >= 15 is 0 Å². The first kappa shape index (κ1) is 51.0. The number of hydrogen-bond acceptors (Lipinski definition) is 12. The van der Waals surface area contributed by atoms with Crippen LogP contribution in [0.4, 0.5) is 44.7 Å². The third-order valence-corrected chi connectivity index (χ3v) is 10.6. The predicted molar refractivity (Wildman–Crippen MR) is 235 cm³/mol. The molecule has 0 radical (unpaired) electrons. The molecule has 1 aromatic heterocycles. The lowest BCUT2D eigenvalue weighted by Gasteiger charge is -2.20. The molecule has 0 aliphatic heterocycles. The molecule has 0 aliphatic carbocycles. The maximum absolute atomic E-state index is 14.8. The molecule has 0 spiro atoms. The molecule has 0 saturated heterocycles. The third kappa shape index (κ3) is 16.8. The Labute approximate surface area is 363 Å². The molecule has 338 valence electrons. The van der Waals surface area contributed by atoms with Crippen molar-refractivity contribution in [2.45, 2.75) is 60.2 Å². The van der Waals surface area contributed by atoms with E-state index in [1.807, 2.05) is 0 Å². The minimum absolute atomic E-state index is 0.0203. The van der Waals surface area contributed by atoms with Gasteiger partial charge >= 0.3 is 6.18 Å². The van der Waals surface area contributed by atoms with Gasteiger partial charge in [-0.05, 0) is 63.0 Å². The molecule has 18 nitrogen and oxygen atoms in total. The summed E-state index contributed by atoms with van der Waals surface area (Å²) in [4.78, 5) is 68.8. The van der Waals surface area contributed by atoms with Gasteiger partial charge in [0, 0.05) is 36.0 Å². The number of benzene rings is 2. The lowest BCUT2D eigenvalue weighted by atomic mass is 10.1. The molecule has 1 atom stereocenters. The normalized spacial score (nSPS) is 11.4. The number of amides is 4. The van der Waals surface area contributed by atoms with E-state index in [2.05, 4.69) is 41.2 Å². The number of nitrogens with two attached hydrogens (primary N) is 6. The molecular formula is C36H48F5N14O4PS2. The molecule has 1 unspecified atom stereocenters. The molecule has 0 saturated carbocycles. The molecule has 3 rings (SSSR count). The molecule has 26 heteroatoms. The van der Waals surface area contributed by atoms with Crippen molar-refractivity contribution >= 4 is 91.1 Å². The minimum Gasteiger partial charge on any atom is -0.370 e. The van der Waals surface area contributed by atoms with Gasteiger partial charge in [0.05, 0.1) is 51.2 Å². The van der Waals surface area contributed by atoms with Gasteiger partial charge in [-0.1, -0.05) is 9.24 Å². The number of carbonyl (C=O) groups is 4. The van der Waals surface area contributed by atoms with Crippen molar-refractivity contribution in [1.82, 2.24) is 9.97 Å². The topological polar surface area (TPSA) is 323 Å². The van der Waals surface area contributed by atoms with Crippen LogP contribution in [0.25, 0.3) is 0 Å². The Kier molecular flexibility index (Phi) is 20.0. The maximum Gasteiger partial charge on any atom is 0.416 e. The number of nitrogens with zero attached hydrogens (tertiary/aromatic N) is 4. The highest BCUT2D eigenvalue weighted by Gasteiger charge is 2.33. The van der Waals surface area contributed by atoms with E-state index in [4.69, 9.17) is 34.4 Å². The van der Waals surface area contributed by atoms with Gasteiger partial charge in [0.15, 0.2) is 11.9 Å². The summed E-state index contributed by atoms with van der Waals surface area (Å²) < 4.78 is 72.2. The Morgan fingerprint density at radius 1 is 0.613 bits per heavy atom. The van der Waals surface area contributed by atoms with Crippen LogP contribution in [0.5, 0.6) is 0 Å². The molecule has 0 bridgehead atoms. The lowest BCUT2D eigenvalue weighted by Crippen LogP contribution is -2.23. The highest BCUT2D eigenvalue weighted by Crippen LogP contribution is 2.44. The number of aromatic nitrogens is 2. The number of thioether (sulfide) groups is 2. The minimum atomic E-state index is -4.92. The molecule has 2 aromatic carbocycles. The summed E-state index contributed by atoms with van der Waals surface area (Å²) in [5.41, 5.74) is 25.5. The number of unbranched alkanes of at least 4 members (excludes halogenated alkanes) is 2. The number of guanidine groups is 2. The number of rotatable bonds is 23. The van der Waals surface area contributed by atoms with Crippen molar-refractivity contribution in [3.05, 3.63) is 59.2 Å². The van der Waals surface area contributed by atoms with Crippen molar-refractivity contribution in [2.24, 2.45) is 44.4 Å². The molecule has 1 heterocycles. The van der Waals surface area contributed by atoms with Gasteiger partial charge in [0.2, 0.25) is 11.8 Å². The van der Waals surface area contributed by atoms with Gasteiger partial charge in [-0.2, -0.15) is 22.0 Å². The molecule has 62 heavy (non-hydrogen) atoms. The van der Waals surface area contributed by atoms with Crippen molar-refractivity contribution in [1.29, 1.82) is 0 Å². The van der Waals surface area contributed by atoms with Crippen LogP contribution in [0.1, 0.15) is 70.6 Å². The average Bonchev–Trinajstić information content (AvgIpc) is 3.18. The van der Waals surface area contributed by atoms with Crippen LogP contribution in [-0.2, 0) is 21.4 Å². The fourth-order valence-electron chi connectivity index (χ4n) is 5.20. The monoisotopic (exact) mass is 930 g/mol. The molecule has 4 amide bonds. The fourth-order valence-corrected chi connectivity index (χ4v) is 7.21. The highest BCUT2D eigenvalue weighted by atomic mass is 32.2. The largest absolute Gasteiger partial charge is 0.416 e. The van der Waals surface area contributed by atoms with Crippen molar-refractivity contribution in [3.63, 3.8) is 0 Å². The Morgan fingerprint density at radius 3 is 1.35 bits per heavy atom. The maximum atomic E-state index is 14.8. The van der Waals surface area contributed by atoms with Gasteiger partial charge in [-0.25, -0.2) is 9.97 Å². The zero-order chi connectivity index (χ0) is 46.0. The molecule has 16 N–H and O–H groups in total. The van der Waals surface area contributed by atoms with E-state index in [0.717, 1.165) is 54.1 Å². The van der Waals surface area contributed by atoms with Crippen LogP contribution in [0.2, 0.25) is 0 Å². The molecule has 0 aliphatic rings. The first-order chi connectivity index (χ1) is 29.2. The van der Waals surface area contributed by atoms with Gasteiger partial charge in [0.1, 0.15) is 17.7 Å². The molecule has 3 aromatic rings. The number of nitrogens with one attached hydrogen (secondary N) is 4. The summed E-state index contributed by atoms with van der Waals surface area (Å²) in [6.07, 6.45) is -2.31. The third-order valence-electron chi connectivity index (χ3n) is 8.05. The number of alkyl halides is 5. The van der Waals surface area contributed by atoms with Crippen LogP contribution in [-0.4, -0.2) is 83.2 Å². The smallest absolute Gasteiger partial charge is 0.370 e. The standard InChI is InChI=1S/C36H48F5N14O4PS2/c37-35(38,39)19-13-21(52-27(56)5-1-3-7-42)29(61-11-9-48-33(44)45)23(14-19)54-31(58)25-17-26(51-18-50-25)32(59)55-24-16-20(36(40,41)60)15-22(53-28(57)6-2-4-8-43)30(24)62-12-10-49-34(46)47/h13-18H,1-12,42-43,60H2,(H,52,56)(H,53,57)(H,54,58)(H,55,59)(H4,44,45,48)(H4,46,47,49). The van der Waals surface area contributed by atoms with Crippen molar-refractivity contribution < 1.29 is 41.1 Å². The van der Waals surface area contributed by atoms with Crippen LogP contribution in [0, 0.1) is 0 Å². The quantitative estimate of drug-likeness (QED) is 0.0162. The number of hydrogen-bond donors (Lipinski definition) is 10. The highest BCUT2D eigenvalue weighted by molar-refractivity contribution is 7.99. The summed E-state index contributed by atoms with van der Waals surface area (Å²) in [6, 6.07) is 4.35. The van der Waals surface area contributed by atoms with E-state index in [1.54, 1.807) is 0 Å². The number of aliphatic imine (C=N–C) groups is 2. The van der Waals surface area contributed by atoms with E-state index in [0.29, 0.717) is 44.8 Å². The van der Waals surface area contributed by atoms with Gasteiger partial charge in [-0.15, -0.1) is 23.5 Å². The Balaban J connectivity index is 2.05. The predicted octanol–water partition coefficient (Wildman–Crippen LogP) is 3.79. The Hall–Kier alpha value is -5.36. The van der Waals surface area contributed by atoms with Crippen molar-refractivity contribution in [3.8, 4) is 0 Å². The lowest BCUT2D eigenvalue weighted by molar-refractivity contribution is -0.137. The van der Waals surface area contributed by atoms with E-state index < -0.39 is 58.0 Å². The average molecular weight is 931 g/mol. The van der Waals surface area contributed by atoms with Crippen LogP contribution in [0.15, 0.2) is 56.4 Å². The van der Waals surface area contributed by atoms with E-state index in [1.165, 1.54) is 9.24 Å². The second-order valence-corrected chi connectivity index (χ2v) is 16.0. The SMILES string of the molecule is NCCCCC(=O)Nc1cc(C(F)(F)F)cc(NC(=O)c2cc(C(=O)Nc3cc(C(F)(F)P)cc(NC(=O)CCCCN)c3SCCN=C(N)N)ncn2)c1SCCN=C(N)N. The molecular weight excluding hydrogens is 883 g/mol. The Morgan fingerprint density at radius 2 is 1.00 bits per heavy atom. The van der Waals surface area contributed by atoms with Gasteiger partial charge in [-0.3, -0.25) is 29.2 Å². The molecule has 0 fully saturated rings. The zero-order valence-corrected chi connectivity index (χ0v) is 35.9. The van der Waals surface area contributed by atoms with Crippen LogP contribution in [0.3, 0.4) is 0 Å². The number of carbonyl (C=O) groups excluding carboxylic acids is 4. The summed E-state index contributed by atoms with van der Waals surface area (Å²) >= 11 is 1.96. The van der Waals surface area contributed by atoms with Gasteiger partial charge in [0.25, 0.3) is 17.5 Å². The number of anilines is 4. The summed E-state index contributed by atoms with van der Waals surface area (Å²) in [5, 5.41) is 9.99. The number of halogens is 5. The van der Waals surface area contributed by atoms with Crippen LogP contribution >= 0.6 is 32.8 Å². The van der Waals surface area contributed by atoms with Gasteiger partial charge < -0.3 is 55.7 Å². The Bertz CT molecular complexity index is 1980. The fraction of sp³-hybridized carbons (Fsp3) is 0.389. The summed E-state index contributed by atoms with van der Waals surface area (Å²) in [7, 11) is 1.38. The first-order valence-corrected chi connectivity index (χ1v) is 21.2. The second-order valence-electron chi connectivity index (χ2n) is 13.0. The summed E-state index contributed by atoms with van der Waals surface area (Å²) in [5.74, 6) is -3.41. The second kappa shape index (κ2) is 24.3. The van der Waals surface area contributed by atoms with Crippen LogP contribution < -0.4 is 55.7 Å². The van der Waals surface area contributed by atoms with E-state index in [-0.39, 0.29) is 81.9 Å². The summed E-state index contributed by atoms with van der Waals surface area (Å²) in [6.45, 7) is 0.725. The first-order valence-electron chi connectivity index (χ1n) is 18.6.